The average molecular weight is 214 g/mol. The highest BCUT2D eigenvalue weighted by Gasteiger charge is 2.33. The van der Waals surface area contributed by atoms with Crippen LogP contribution in [0.15, 0.2) is 24.3 Å². The van der Waals surface area contributed by atoms with E-state index in [0.29, 0.717) is 24.4 Å². The molecule has 0 amide bonds. The molecule has 1 fully saturated rings. The molecular weight excluding hydrogens is 201 g/mol. The van der Waals surface area contributed by atoms with Crippen molar-refractivity contribution in [2.75, 3.05) is 13.1 Å². The van der Waals surface area contributed by atoms with E-state index in [-0.39, 0.29) is 0 Å². The van der Waals surface area contributed by atoms with Crippen molar-refractivity contribution >= 4 is 11.6 Å². The van der Waals surface area contributed by atoms with E-state index in [9.17, 15) is 4.39 Å². The van der Waals surface area contributed by atoms with Gasteiger partial charge in [0.2, 0.25) is 0 Å². The van der Waals surface area contributed by atoms with E-state index < -0.39 is 5.67 Å². The Kier molecular flexibility index (Phi) is 2.75. The Balaban J connectivity index is 2.06. The third-order valence-electron chi connectivity index (χ3n) is 2.63. The summed E-state index contributed by atoms with van der Waals surface area (Å²) in [6.45, 7) is 1.25. The minimum Gasteiger partial charge on any atom is -0.313 e. The first-order chi connectivity index (χ1) is 6.68. The van der Waals surface area contributed by atoms with Gasteiger partial charge in [0.1, 0.15) is 5.67 Å². The molecule has 1 aromatic rings. The molecule has 0 aromatic heterocycles. The number of alkyl halides is 1. The first-order valence-electron chi connectivity index (χ1n) is 4.82. The Morgan fingerprint density at radius 1 is 1.36 bits per heavy atom. The lowest BCUT2D eigenvalue weighted by Crippen LogP contribution is -2.28. The lowest BCUT2D eigenvalue weighted by molar-refractivity contribution is 0.190. The molecule has 1 aliphatic heterocycles. The first kappa shape index (κ1) is 9.94. The second-order valence-corrected chi connectivity index (χ2v) is 4.32. The molecule has 14 heavy (non-hydrogen) atoms. The molecule has 1 saturated heterocycles. The van der Waals surface area contributed by atoms with Crippen LogP contribution in [0.25, 0.3) is 0 Å². The fraction of sp³-hybridized carbons (Fsp3) is 0.455. The van der Waals surface area contributed by atoms with E-state index in [1.807, 2.05) is 24.3 Å². The fourth-order valence-electron chi connectivity index (χ4n) is 1.83. The molecule has 76 valence electrons. The monoisotopic (exact) mass is 213 g/mol. The Morgan fingerprint density at radius 2 is 2.07 bits per heavy atom. The van der Waals surface area contributed by atoms with Gasteiger partial charge in [-0.15, -0.1) is 0 Å². The molecule has 1 unspecified atom stereocenters. The summed E-state index contributed by atoms with van der Waals surface area (Å²) in [6.07, 6.45) is 1.09. The molecule has 1 aliphatic rings. The van der Waals surface area contributed by atoms with E-state index in [2.05, 4.69) is 5.32 Å². The number of benzene rings is 1. The Hall–Kier alpha value is -0.600. The van der Waals surface area contributed by atoms with Gasteiger partial charge < -0.3 is 5.32 Å². The Bertz CT molecular complexity index is 304. The van der Waals surface area contributed by atoms with Gasteiger partial charge >= 0.3 is 0 Å². The topological polar surface area (TPSA) is 12.0 Å². The summed E-state index contributed by atoms with van der Waals surface area (Å²) in [5, 5.41) is 3.74. The number of hydrogen-bond donors (Lipinski definition) is 1. The Labute approximate surface area is 88.3 Å². The Morgan fingerprint density at radius 3 is 2.64 bits per heavy atom. The summed E-state index contributed by atoms with van der Waals surface area (Å²) >= 11 is 5.76. The SMILES string of the molecule is FC1(Cc2ccc(Cl)cc2)CCNC1. The molecule has 1 heterocycles. The van der Waals surface area contributed by atoms with Crippen LogP contribution in [-0.2, 0) is 6.42 Å². The van der Waals surface area contributed by atoms with Gasteiger partial charge in [-0.25, -0.2) is 4.39 Å². The molecule has 1 N–H and O–H groups in total. The molecule has 3 heteroatoms. The zero-order chi connectivity index (χ0) is 10.0. The minimum absolute atomic E-state index is 0.468. The van der Waals surface area contributed by atoms with Crippen molar-refractivity contribution in [1.29, 1.82) is 0 Å². The molecule has 0 radical (unpaired) electrons. The summed E-state index contributed by atoms with van der Waals surface area (Å²) in [5.41, 5.74) is -0.0472. The van der Waals surface area contributed by atoms with Crippen LogP contribution < -0.4 is 5.32 Å². The maximum Gasteiger partial charge on any atom is 0.128 e. The third-order valence-corrected chi connectivity index (χ3v) is 2.88. The molecule has 0 spiro atoms. The van der Waals surface area contributed by atoms with Gasteiger partial charge in [0, 0.05) is 18.0 Å². The predicted octanol–water partition coefficient (Wildman–Crippen LogP) is 2.58. The van der Waals surface area contributed by atoms with Gasteiger partial charge in [-0.2, -0.15) is 0 Å². The highest BCUT2D eigenvalue weighted by molar-refractivity contribution is 6.30. The molecule has 2 rings (SSSR count). The summed E-state index contributed by atoms with van der Waals surface area (Å²) in [7, 11) is 0. The first-order valence-corrected chi connectivity index (χ1v) is 5.20. The van der Waals surface area contributed by atoms with Crippen molar-refractivity contribution in [3.05, 3.63) is 34.9 Å². The largest absolute Gasteiger partial charge is 0.313 e. The molecule has 0 aliphatic carbocycles. The van der Waals surface area contributed by atoms with Crippen LogP contribution in [0, 0.1) is 0 Å². The van der Waals surface area contributed by atoms with Gasteiger partial charge in [-0.1, -0.05) is 23.7 Å². The van der Waals surface area contributed by atoms with Crippen LogP contribution in [0.2, 0.25) is 5.02 Å². The standard InChI is InChI=1S/C11H13ClFN/c12-10-3-1-9(2-4-10)7-11(13)5-6-14-8-11/h1-4,14H,5-8H2. The van der Waals surface area contributed by atoms with Crippen LogP contribution in [0.1, 0.15) is 12.0 Å². The molecule has 1 atom stereocenters. The van der Waals surface area contributed by atoms with Crippen LogP contribution in [0.5, 0.6) is 0 Å². The van der Waals surface area contributed by atoms with Gasteiger partial charge in [-0.3, -0.25) is 0 Å². The van der Waals surface area contributed by atoms with Crippen LogP contribution >= 0.6 is 11.6 Å². The quantitative estimate of drug-likeness (QED) is 0.797. The number of halogens is 2. The highest BCUT2D eigenvalue weighted by Crippen LogP contribution is 2.25. The van der Waals surface area contributed by atoms with E-state index in [1.165, 1.54) is 0 Å². The molecular formula is C11H13ClFN. The summed E-state index contributed by atoms with van der Waals surface area (Å²) < 4.78 is 14.0. The molecule has 1 nitrogen and oxygen atoms in total. The van der Waals surface area contributed by atoms with Crippen molar-refractivity contribution < 1.29 is 4.39 Å². The minimum atomic E-state index is -1.06. The van der Waals surface area contributed by atoms with Gasteiger partial charge in [0.05, 0.1) is 0 Å². The third kappa shape index (κ3) is 2.25. The van der Waals surface area contributed by atoms with Crippen molar-refractivity contribution in [2.24, 2.45) is 0 Å². The van der Waals surface area contributed by atoms with E-state index >= 15 is 0 Å². The van der Waals surface area contributed by atoms with Crippen molar-refractivity contribution in [2.45, 2.75) is 18.5 Å². The van der Waals surface area contributed by atoms with E-state index in [0.717, 1.165) is 12.1 Å². The van der Waals surface area contributed by atoms with Crippen LogP contribution in [-0.4, -0.2) is 18.8 Å². The van der Waals surface area contributed by atoms with Gasteiger partial charge in [-0.05, 0) is 30.7 Å². The highest BCUT2D eigenvalue weighted by atomic mass is 35.5. The van der Waals surface area contributed by atoms with E-state index in [4.69, 9.17) is 11.6 Å². The number of rotatable bonds is 2. The normalized spacial score (nSPS) is 26.7. The maximum atomic E-state index is 14.0. The molecule has 0 saturated carbocycles. The second-order valence-electron chi connectivity index (χ2n) is 3.88. The lowest BCUT2D eigenvalue weighted by Gasteiger charge is -2.17. The predicted molar refractivity (Wildman–Crippen MR) is 56.5 cm³/mol. The zero-order valence-corrected chi connectivity index (χ0v) is 8.65. The van der Waals surface area contributed by atoms with Crippen LogP contribution in [0.4, 0.5) is 4.39 Å². The van der Waals surface area contributed by atoms with E-state index in [1.54, 1.807) is 0 Å². The van der Waals surface area contributed by atoms with Gasteiger partial charge in [0.15, 0.2) is 0 Å². The lowest BCUT2D eigenvalue weighted by atomic mass is 9.96. The summed E-state index contributed by atoms with van der Waals surface area (Å²) in [4.78, 5) is 0. The van der Waals surface area contributed by atoms with Gasteiger partial charge in [0.25, 0.3) is 0 Å². The molecule has 1 aromatic carbocycles. The second kappa shape index (κ2) is 3.87. The number of nitrogens with one attached hydrogen (secondary N) is 1. The maximum absolute atomic E-state index is 14.0. The van der Waals surface area contributed by atoms with Crippen molar-refractivity contribution in [3.63, 3.8) is 0 Å². The number of hydrogen-bond acceptors (Lipinski definition) is 1. The average Bonchev–Trinajstić information content (AvgIpc) is 2.57. The zero-order valence-electron chi connectivity index (χ0n) is 7.89. The smallest absolute Gasteiger partial charge is 0.128 e. The van der Waals surface area contributed by atoms with Crippen molar-refractivity contribution in [1.82, 2.24) is 5.32 Å². The van der Waals surface area contributed by atoms with Crippen molar-refractivity contribution in [3.8, 4) is 0 Å². The summed E-state index contributed by atoms with van der Waals surface area (Å²) in [6, 6.07) is 7.40. The summed E-state index contributed by atoms with van der Waals surface area (Å²) in [5.74, 6) is 0. The van der Waals surface area contributed by atoms with Crippen LogP contribution in [0.3, 0.4) is 0 Å². The molecule has 0 bridgehead atoms. The fourth-order valence-corrected chi connectivity index (χ4v) is 1.96.